The summed E-state index contributed by atoms with van der Waals surface area (Å²) in [7, 11) is 1.59. The largest absolute Gasteiger partial charge is 0.481 e. The Morgan fingerprint density at radius 3 is 2.43 bits per heavy atom. The molecule has 0 fully saturated rings. The number of pyridine rings is 1. The van der Waals surface area contributed by atoms with Crippen molar-refractivity contribution in [3.05, 3.63) is 39.9 Å². The highest BCUT2D eigenvalue weighted by Gasteiger charge is 2.14. The topological polar surface area (TPSA) is 66.0 Å². The fourth-order valence-electron chi connectivity index (χ4n) is 2.38. The van der Waals surface area contributed by atoms with E-state index in [2.05, 4.69) is 38.0 Å². The summed E-state index contributed by atoms with van der Waals surface area (Å²) in [6, 6.07) is 7.73. The number of fused-ring (bicyclic) bond motifs is 1. The minimum absolute atomic E-state index is 0.409. The van der Waals surface area contributed by atoms with Crippen LogP contribution in [0.3, 0.4) is 0 Å². The van der Waals surface area contributed by atoms with Gasteiger partial charge in [0.1, 0.15) is 5.52 Å². The molecule has 0 saturated carbocycles. The first-order valence-electron chi connectivity index (χ1n) is 6.47. The number of anilines is 1. The summed E-state index contributed by atoms with van der Waals surface area (Å²) in [5.74, 6) is 0.945. The number of nitrogens with two attached hydrogens (primary N) is 1. The van der Waals surface area contributed by atoms with Gasteiger partial charge < -0.3 is 10.5 Å². The minimum Gasteiger partial charge on any atom is -0.481 e. The Hall–Kier alpha value is -2.08. The van der Waals surface area contributed by atoms with Gasteiger partial charge in [-0.1, -0.05) is 15.9 Å². The fraction of sp³-hybridized carbons (Fsp3) is 0.200. The van der Waals surface area contributed by atoms with Crippen LogP contribution >= 0.6 is 15.9 Å². The van der Waals surface area contributed by atoms with E-state index in [-0.39, 0.29) is 0 Å². The van der Waals surface area contributed by atoms with E-state index in [0.717, 1.165) is 26.8 Å². The van der Waals surface area contributed by atoms with Gasteiger partial charge in [-0.3, -0.25) is 4.57 Å². The van der Waals surface area contributed by atoms with E-state index in [4.69, 9.17) is 10.5 Å². The van der Waals surface area contributed by atoms with Crippen molar-refractivity contribution in [1.29, 1.82) is 0 Å². The molecule has 0 aliphatic rings. The lowest BCUT2D eigenvalue weighted by molar-refractivity contribution is 0.399. The molecule has 3 rings (SSSR count). The molecule has 108 valence electrons. The predicted octanol–water partition coefficient (Wildman–Crippen LogP) is 3.39. The average molecular weight is 347 g/mol. The van der Waals surface area contributed by atoms with Crippen LogP contribution in [0, 0.1) is 13.8 Å². The van der Waals surface area contributed by atoms with Crippen molar-refractivity contribution in [2.24, 2.45) is 0 Å². The maximum atomic E-state index is 6.07. The molecular weight excluding hydrogens is 332 g/mol. The average Bonchev–Trinajstić information content (AvgIpc) is 2.79. The van der Waals surface area contributed by atoms with Crippen LogP contribution in [0.25, 0.3) is 16.9 Å². The number of halogens is 1. The van der Waals surface area contributed by atoms with Crippen LogP contribution in [0.2, 0.25) is 0 Å². The number of hydrogen-bond donors (Lipinski definition) is 1. The fourth-order valence-corrected chi connectivity index (χ4v) is 2.61. The van der Waals surface area contributed by atoms with Gasteiger partial charge in [-0.2, -0.15) is 4.98 Å². The van der Waals surface area contributed by atoms with E-state index in [1.165, 1.54) is 0 Å². The second-order valence-electron chi connectivity index (χ2n) is 4.90. The molecule has 0 spiro atoms. The number of benzene rings is 1. The van der Waals surface area contributed by atoms with Crippen LogP contribution in [-0.2, 0) is 0 Å². The van der Waals surface area contributed by atoms with Gasteiger partial charge in [-0.15, -0.1) is 0 Å². The summed E-state index contributed by atoms with van der Waals surface area (Å²) in [6.07, 6.45) is 0. The Balaban J connectivity index is 2.31. The molecule has 0 atom stereocenters. The van der Waals surface area contributed by atoms with E-state index in [9.17, 15) is 0 Å². The van der Waals surface area contributed by atoms with Gasteiger partial charge in [0.15, 0.2) is 5.65 Å². The van der Waals surface area contributed by atoms with Crippen molar-refractivity contribution >= 4 is 33.0 Å². The Labute approximate surface area is 130 Å². The van der Waals surface area contributed by atoms with E-state index < -0.39 is 0 Å². The number of imidazole rings is 1. The molecule has 2 aromatic heterocycles. The van der Waals surface area contributed by atoms with Gasteiger partial charge in [-0.05, 0) is 43.2 Å². The minimum atomic E-state index is 0.409. The van der Waals surface area contributed by atoms with Crippen molar-refractivity contribution in [3.63, 3.8) is 0 Å². The molecule has 0 unspecified atom stereocenters. The number of nitrogen functional groups attached to an aromatic ring is 1. The third-order valence-electron chi connectivity index (χ3n) is 3.39. The van der Waals surface area contributed by atoms with Crippen molar-refractivity contribution < 1.29 is 4.74 Å². The molecule has 21 heavy (non-hydrogen) atoms. The number of rotatable bonds is 2. The molecule has 2 N–H and O–H groups in total. The lowest BCUT2D eigenvalue weighted by Gasteiger charge is -2.11. The molecule has 6 heteroatoms. The van der Waals surface area contributed by atoms with Gasteiger partial charge >= 0.3 is 0 Å². The van der Waals surface area contributed by atoms with E-state index >= 15 is 0 Å². The molecule has 0 aliphatic heterocycles. The summed E-state index contributed by atoms with van der Waals surface area (Å²) in [4.78, 5) is 8.82. The third-order valence-corrected chi connectivity index (χ3v) is 4.64. The molecule has 0 amide bonds. The van der Waals surface area contributed by atoms with Gasteiger partial charge in [0, 0.05) is 10.5 Å². The quantitative estimate of drug-likeness (QED) is 0.772. The van der Waals surface area contributed by atoms with Crippen molar-refractivity contribution in [3.8, 4) is 11.6 Å². The summed E-state index contributed by atoms with van der Waals surface area (Å²) >= 11 is 3.58. The highest BCUT2D eigenvalue weighted by atomic mass is 79.9. The Morgan fingerprint density at radius 2 is 1.81 bits per heavy atom. The molecule has 5 nitrogen and oxygen atoms in total. The lowest BCUT2D eigenvalue weighted by Crippen LogP contribution is -2.03. The zero-order chi connectivity index (χ0) is 15.1. The second kappa shape index (κ2) is 5.04. The molecule has 2 heterocycles. The van der Waals surface area contributed by atoms with Crippen LogP contribution in [0.15, 0.2) is 28.7 Å². The van der Waals surface area contributed by atoms with Gasteiger partial charge in [0.05, 0.1) is 12.8 Å². The molecule has 1 aromatic carbocycles. The highest BCUT2D eigenvalue weighted by molar-refractivity contribution is 9.10. The van der Waals surface area contributed by atoms with E-state index in [1.807, 2.05) is 24.5 Å². The molecule has 0 radical (unpaired) electrons. The van der Waals surface area contributed by atoms with Crippen LogP contribution in [0.1, 0.15) is 11.1 Å². The third kappa shape index (κ3) is 2.25. The number of aryl methyl sites for hydroxylation is 2. The number of hydrogen-bond acceptors (Lipinski definition) is 4. The standard InChI is InChI=1S/C15H15BrN4O/c1-8-6-10(7-9(2)13(8)16)20-14-11(18-15(20)17)4-5-12(19-14)21-3/h4-7H,1-3H3,(H2,17,18). The van der Waals surface area contributed by atoms with Crippen LogP contribution < -0.4 is 10.5 Å². The molecule has 0 aliphatic carbocycles. The first-order valence-corrected chi connectivity index (χ1v) is 7.26. The zero-order valence-electron chi connectivity index (χ0n) is 12.0. The normalized spacial score (nSPS) is 11.0. The first-order chi connectivity index (χ1) is 10.0. The number of nitrogens with zero attached hydrogens (tertiary/aromatic N) is 3. The first kappa shape index (κ1) is 13.9. The van der Waals surface area contributed by atoms with Crippen LogP contribution in [-0.4, -0.2) is 21.6 Å². The highest BCUT2D eigenvalue weighted by Crippen LogP contribution is 2.28. The van der Waals surface area contributed by atoms with Crippen LogP contribution in [0.4, 0.5) is 5.95 Å². The van der Waals surface area contributed by atoms with Crippen molar-refractivity contribution in [1.82, 2.24) is 14.5 Å². The maximum absolute atomic E-state index is 6.07. The number of aromatic nitrogens is 3. The predicted molar refractivity (Wildman–Crippen MR) is 87.0 cm³/mol. The van der Waals surface area contributed by atoms with Gasteiger partial charge in [-0.25, -0.2) is 4.98 Å². The van der Waals surface area contributed by atoms with E-state index in [0.29, 0.717) is 17.5 Å². The lowest BCUT2D eigenvalue weighted by atomic mass is 10.1. The van der Waals surface area contributed by atoms with Gasteiger partial charge in [0.2, 0.25) is 11.8 Å². The number of ether oxygens (including phenoxy) is 1. The van der Waals surface area contributed by atoms with E-state index in [1.54, 1.807) is 13.2 Å². The SMILES string of the molecule is COc1ccc2nc(N)n(-c3cc(C)c(Br)c(C)c3)c2n1. The monoisotopic (exact) mass is 346 g/mol. The summed E-state index contributed by atoms with van der Waals surface area (Å²) in [6.45, 7) is 4.09. The Kier molecular flexibility index (Phi) is 3.33. The van der Waals surface area contributed by atoms with Crippen molar-refractivity contribution in [2.45, 2.75) is 13.8 Å². The zero-order valence-corrected chi connectivity index (χ0v) is 13.6. The number of methoxy groups -OCH3 is 1. The summed E-state index contributed by atoms with van der Waals surface area (Å²) in [5.41, 5.74) is 10.7. The Bertz CT molecular complexity index is 818. The molecule has 3 aromatic rings. The van der Waals surface area contributed by atoms with Crippen molar-refractivity contribution in [2.75, 3.05) is 12.8 Å². The molecular formula is C15H15BrN4O. The summed E-state index contributed by atoms with van der Waals surface area (Å²) < 4.78 is 8.12. The Morgan fingerprint density at radius 1 is 1.14 bits per heavy atom. The molecule has 0 saturated heterocycles. The smallest absolute Gasteiger partial charge is 0.215 e. The second-order valence-corrected chi connectivity index (χ2v) is 5.69. The maximum Gasteiger partial charge on any atom is 0.215 e. The summed E-state index contributed by atoms with van der Waals surface area (Å²) in [5, 5.41) is 0. The van der Waals surface area contributed by atoms with Crippen LogP contribution in [0.5, 0.6) is 5.88 Å². The van der Waals surface area contributed by atoms with Gasteiger partial charge in [0.25, 0.3) is 0 Å². The molecule has 0 bridgehead atoms.